The smallest absolute Gasteiger partial charge is 0.143 e. The summed E-state index contributed by atoms with van der Waals surface area (Å²) in [6.45, 7) is 0. The molecule has 0 atom stereocenters. The molecule has 0 aliphatic carbocycles. The third-order valence-corrected chi connectivity index (χ3v) is 9.06. The Balaban J connectivity index is 1.28. The fourth-order valence-corrected chi connectivity index (χ4v) is 7.05. The van der Waals surface area contributed by atoms with Crippen LogP contribution in [0.3, 0.4) is 0 Å². The summed E-state index contributed by atoms with van der Waals surface area (Å²) < 4.78 is 6.43. The van der Waals surface area contributed by atoms with Crippen molar-refractivity contribution in [2.24, 2.45) is 0 Å². The zero-order chi connectivity index (χ0) is 29.7. The minimum Gasteiger partial charge on any atom is -0.455 e. The van der Waals surface area contributed by atoms with E-state index in [2.05, 4.69) is 158 Å². The number of hydrogen-bond donors (Lipinski definition) is 0. The van der Waals surface area contributed by atoms with Crippen LogP contribution in [0.5, 0.6) is 0 Å². The summed E-state index contributed by atoms with van der Waals surface area (Å²) >= 11 is 0. The summed E-state index contributed by atoms with van der Waals surface area (Å²) in [4.78, 5) is 0. The first kappa shape index (κ1) is 25.6. The molecule has 45 heavy (non-hydrogen) atoms. The van der Waals surface area contributed by atoms with Crippen LogP contribution in [0.2, 0.25) is 0 Å². The van der Waals surface area contributed by atoms with E-state index in [0.717, 1.165) is 33.1 Å². The van der Waals surface area contributed by atoms with Gasteiger partial charge in [0, 0.05) is 16.3 Å². The fourth-order valence-electron chi connectivity index (χ4n) is 7.05. The lowest BCUT2D eigenvalue weighted by Gasteiger charge is -2.18. The Labute approximate surface area is 261 Å². The maximum absolute atomic E-state index is 6.43. The molecule has 0 unspecified atom stereocenters. The van der Waals surface area contributed by atoms with E-state index in [1.807, 2.05) is 12.1 Å². The first-order valence-electron chi connectivity index (χ1n) is 15.4. The minimum atomic E-state index is 0.917. The molecule has 0 amide bonds. The molecular weight excluding hydrogens is 544 g/mol. The molecule has 1 nitrogen and oxygen atoms in total. The Kier molecular flexibility index (Phi) is 5.89. The Morgan fingerprint density at radius 2 is 0.733 bits per heavy atom. The highest BCUT2D eigenvalue weighted by atomic mass is 16.3. The molecule has 0 aliphatic rings. The normalized spacial score (nSPS) is 11.6. The molecule has 0 radical (unpaired) electrons. The van der Waals surface area contributed by atoms with Gasteiger partial charge in [0.15, 0.2) is 0 Å². The van der Waals surface area contributed by atoms with E-state index in [1.165, 1.54) is 54.9 Å². The van der Waals surface area contributed by atoms with E-state index in [-0.39, 0.29) is 0 Å². The van der Waals surface area contributed by atoms with Gasteiger partial charge in [-0.3, -0.25) is 0 Å². The first-order chi connectivity index (χ1) is 22.3. The number of furan rings is 1. The van der Waals surface area contributed by atoms with Crippen LogP contribution < -0.4 is 0 Å². The van der Waals surface area contributed by atoms with Gasteiger partial charge in [0.05, 0.1) is 0 Å². The topological polar surface area (TPSA) is 13.1 Å². The van der Waals surface area contributed by atoms with E-state index >= 15 is 0 Å². The molecule has 1 heterocycles. The van der Waals surface area contributed by atoms with Crippen LogP contribution in [0.1, 0.15) is 0 Å². The summed E-state index contributed by atoms with van der Waals surface area (Å²) in [6, 6.07) is 61.0. The van der Waals surface area contributed by atoms with Crippen LogP contribution in [0.4, 0.5) is 0 Å². The van der Waals surface area contributed by atoms with Gasteiger partial charge >= 0.3 is 0 Å². The molecule has 0 fully saturated rings. The predicted molar refractivity (Wildman–Crippen MR) is 190 cm³/mol. The molecule has 210 valence electrons. The van der Waals surface area contributed by atoms with Gasteiger partial charge in [0.1, 0.15) is 11.2 Å². The van der Waals surface area contributed by atoms with Crippen molar-refractivity contribution >= 4 is 43.5 Å². The van der Waals surface area contributed by atoms with Crippen molar-refractivity contribution in [3.8, 4) is 44.5 Å². The second-order valence-electron chi connectivity index (χ2n) is 11.6. The lowest BCUT2D eigenvalue weighted by Crippen LogP contribution is -1.91. The highest BCUT2D eigenvalue weighted by Crippen LogP contribution is 2.45. The summed E-state index contributed by atoms with van der Waals surface area (Å²) in [7, 11) is 0. The van der Waals surface area contributed by atoms with Gasteiger partial charge in [0.25, 0.3) is 0 Å². The summed E-state index contributed by atoms with van der Waals surface area (Å²) in [5.41, 5.74) is 11.5. The summed E-state index contributed by atoms with van der Waals surface area (Å²) in [6.07, 6.45) is 0. The SMILES string of the molecule is c1ccc(-c2cccc(-c3c4ccccc4c(-c4cccc(-c5cccc6c5oc5ccccc56)c4)c4ccccc34)c2)cc1. The number of fused-ring (bicyclic) bond motifs is 5. The number of para-hydroxylation sites is 2. The molecule has 0 N–H and O–H groups in total. The van der Waals surface area contributed by atoms with E-state index < -0.39 is 0 Å². The van der Waals surface area contributed by atoms with Crippen LogP contribution in [0.25, 0.3) is 88.0 Å². The van der Waals surface area contributed by atoms with Crippen LogP contribution >= 0.6 is 0 Å². The molecule has 1 heteroatoms. The van der Waals surface area contributed by atoms with Gasteiger partial charge < -0.3 is 4.42 Å². The predicted octanol–water partition coefficient (Wildman–Crippen LogP) is 12.6. The number of hydrogen-bond acceptors (Lipinski definition) is 1. The Hall–Kier alpha value is -5.92. The lowest BCUT2D eigenvalue weighted by molar-refractivity contribution is 0.670. The zero-order valence-corrected chi connectivity index (χ0v) is 24.6. The largest absolute Gasteiger partial charge is 0.455 e. The lowest BCUT2D eigenvalue weighted by atomic mass is 9.85. The molecule has 8 aromatic carbocycles. The molecule has 0 saturated heterocycles. The number of benzene rings is 8. The van der Waals surface area contributed by atoms with Crippen molar-refractivity contribution < 1.29 is 4.42 Å². The van der Waals surface area contributed by atoms with Crippen molar-refractivity contribution in [3.63, 3.8) is 0 Å². The maximum Gasteiger partial charge on any atom is 0.143 e. The second-order valence-corrected chi connectivity index (χ2v) is 11.6. The Morgan fingerprint density at radius 1 is 0.289 bits per heavy atom. The fraction of sp³-hybridized carbons (Fsp3) is 0. The van der Waals surface area contributed by atoms with E-state index in [1.54, 1.807) is 0 Å². The number of rotatable bonds is 4. The zero-order valence-electron chi connectivity index (χ0n) is 24.6. The third-order valence-electron chi connectivity index (χ3n) is 9.06. The molecule has 9 rings (SSSR count). The molecule has 9 aromatic rings. The van der Waals surface area contributed by atoms with E-state index in [4.69, 9.17) is 4.42 Å². The van der Waals surface area contributed by atoms with Crippen LogP contribution in [-0.4, -0.2) is 0 Å². The van der Waals surface area contributed by atoms with Crippen molar-refractivity contribution in [1.82, 2.24) is 0 Å². The average molecular weight is 573 g/mol. The first-order valence-corrected chi connectivity index (χ1v) is 15.4. The quantitative estimate of drug-likeness (QED) is 0.191. The molecule has 0 saturated carbocycles. The van der Waals surface area contributed by atoms with Gasteiger partial charge in [-0.15, -0.1) is 0 Å². The monoisotopic (exact) mass is 572 g/mol. The molecule has 1 aromatic heterocycles. The van der Waals surface area contributed by atoms with Gasteiger partial charge in [-0.25, -0.2) is 0 Å². The van der Waals surface area contributed by atoms with Crippen LogP contribution in [0, 0.1) is 0 Å². The van der Waals surface area contributed by atoms with Gasteiger partial charge in [-0.1, -0.05) is 152 Å². The van der Waals surface area contributed by atoms with Gasteiger partial charge in [-0.2, -0.15) is 0 Å². The van der Waals surface area contributed by atoms with Gasteiger partial charge in [0.2, 0.25) is 0 Å². The average Bonchev–Trinajstić information content (AvgIpc) is 3.50. The van der Waals surface area contributed by atoms with Crippen molar-refractivity contribution in [2.45, 2.75) is 0 Å². The molecule has 0 aliphatic heterocycles. The van der Waals surface area contributed by atoms with E-state index in [0.29, 0.717) is 0 Å². The van der Waals surface area contributed by atoms with Crippen molar-refractivity contribution in [3.05, 3.63) is 170 Å². The summed E-state index contributed by atoms with van der Waals surface area (Å²) in [5, 5.41) is 7.29. The van der Waals surface area contributed by atoms with Crippen LogP contribution in [-0.2, 0) is 0 Å². The highest BCUT2D eigenvalue weighted by molar-refractivity contribution is 6.21. The molecular formula is C44H28O. The Morgan fingerprint density at radius 3 is 1.38 bits per heavy atom. The molecule has 0 bridgehead atoms. The third kappa shape index (κ3) is 4.17. The van der Waals surface area contributed by atoms with Crippen molar-refractivity contribution in [2.75, 3.05) is 0 Å². The van der Waals surface area contributed by atoms with Crippen molar-refractivity contribution in [1.29, 1.82) is 0 Å². The van der Waals surface area contributed by atoms with Crippen LogP contribution in [0.15, 0.2) is 174 Å². The minimum absolute atomic E-state index is 0.917. The van der Waals surface area contributed by atoms with E-state index in [9.17, 15) is 0 Å². The molecule has 0 spiro atoms. The Bertz CT molecular complexity index is 2480. The highest BCUT2D eigenvalue weighted by Gasteiger charge is 2.18. The standard InChI is InChI=1S/C44H28O/c1-2-13-29(14-3-1)30-15-10-17-32(27-30)42-36-20-4-6-22-38(36)43(39-23-7-5-21-37(39)42)33-18-11-16-31(28-33)34-24-12-25-40-35-19-8-9-26-41(35)45-44(34)40/h1-28H. The summed E-state index contributed by atoms with van der Waals surface area (Å²) in [5.74, 6) is 0. The van der Waals surface area contributed by atoms with Gasteiger partial charge in [-0.05, 0) is 78.7 Å². The maximum atomic E-state index is 6.43. The second kappa shape index (κ2) is 10.4.